The molecular weight excluding hydrogens is 547 g/mol. The first-order chi connectivity index (χ1) is 14.5. The Balaban J connectivity index is 0.00000341. The molecule has 2 aromatic rings. The number of nitrogens with zero attached hydrogens (tertiary/aromatic N) is 4. The molecule has 1 amide bonds. The van der Waals surface area contributed by atoms with Crippen LogP contribution in [-0.4, -0.2) is 61.0 Å². The van der Waals surface area contributed by atoms with Crippen LogP contribution in [0.4, 0.5) is 5.69 Å². The highest BCUT2D eigenvalue weighted by Crippen LogP contribution is 2.19. The smallest absolute Gasteiger partial charge is 0.244 e. The Kier molecular flexibility index (Phi) is 10.3. The average molecular weight is 577 g/mol. The van der Waals surface area contributed by atoms with Crippen molar-refractivity contribution in [2.45, 2.75) is 27.3 Å². The lowest BCUT2D eigenvalue weighted by molar-refractivity contribution is -0.129. The summed E-state index contributed by atoms with van der Waals surface area (Å²) in [7, 11) is 0. The Labute approximate surface area is 210 Å². The number of aromatic nitrogens is 1. The van der Waals surface area contributed by atoms with E-state index < -0.39 is 0 Å². The SMILES string of the molecule is CCNC(=NCC(=O)N1CCN(c2ccc(Cl)cc2)CC1)NCc1sc(C)nc1C.I. The van der Waals surface area contributed by atoms with Crippen molar-refractivity contribution in [3.8, 4) is 0 Å². The number of thiazole rings is 1. The van der Waals surface area contributed by atoms with Crippen LogP contribution in [0, 0.1) is 13.8 Å². The Bertz CT molecular complexity index is 880. The van der Waals surface area contributed by atoms with Crippen LogP contribution in [0.15, 0.2) is 29.3 Å². The number of aryl methyl sites for hydroxylation is 2. The van der Waals surface area contributed by atoms with Crippen molar-refractivity contribution in [3.05, 3.63) is 44.9 Å². The monoisotopic (exact) mass is 576 g/mol. The van der Waals surface area contributed by atoms with Crippen molar-refractivity contribution in [1.82, 2.24) is 20.5 Å². The second-order valence-electron chi connectivity index (χ2n) is 7.13. The third-order valence-corrected chi connectivity index (χ3v) is 6.28. The Hall–Kier alpha value is -1.59. The zero-order valence-electron chi connectivity index (χ0n) is 18.2. The maximum Gasteiger partial charge on any atom is 0.244 e. The van der Waals surface area contributed by atoms with Crippen molar-refractivity contribution < 1.29 is 4.79 Å². The molecule has 3 rings (SSSR count). The summed E-state index contributed by atoms with van der Waals surface area (Å²) in [5, 5.41) is 8.29. The molecule has 1 aliphatic rings. The van der Waals surface area contributed by atoms with Crippen LogP contribution in [0.2, 0.25) is 5.02 Å². The molecule has 1 aromatic carbocycles. The Morgan fingerprint density at radius 2 is 1.84 bits per heavy atom. The van der Waals surface area contributed by atoms with Crippen LogP contribution in [0.1, 0.15) is 22.5 Å². The van der Waals surface area contributed by atoms with Gasteiger partial charge in [0.05, 0.1) is 17.2 Å². The standard InChI is InChI=1S/C21H29ClN6OS.HI/c1-4-23-21(24-13-19-15(2)26-16(3)30-19)25-14-20(29)28-11-9-27(10-12-28)18-7-5-17(22)6-8-18;/h5-8H,4,9-14H2,1-3H3,(H2,23,24,25);1H. The molecule has 0 aliphatic carbocycles. The van der Waals surface area contributed by atoms with Gasteiger partial charge < -0.3 is 20.4 Å². The molecule has 170 valence electrons. The number of rotatable bonds is 6. The van der Waals surface area contributed by atoms with Crippen molar-refractivity contribution in [2.75, 3.05) is 44.2 Å². The first-order valence-corrected chi connectivity index (χ1v) is 11.4. The molecule has 0 atom stereocenters. The quantitative estimate of drug-likeness (QED) is 0.313. The summed E-state index contributed by atoms with van der Waals surface area (Å²) in [6.45, 7) is 10.6. The predicted molar refractivity (Wildman–Crippen MR) is 140 cm³/mol. The number of benzene rings is 1. The van der Waals surface area contributed by atoms with E-state index in [1.807, 2.05) is 49.9 Å². The fourth-order valence-corrected chi connectivity index (χ4v) is 4.36. The van der Waals surface area contributed by atoms with Crippen LogP contribution in [-0.2, 0) is 11.3 Å². The highest BCUT2D eigenvalue weighted by Gasteiger charge is 2.21. The maximum absolute atomic E-state index is 12.6. The van der Waals surface area contributed by atoms with E-state index in [1.165, 1.54) is 4.88 Å². The second-order valence-corrected chi connectivity index (χ2v) is 8.86. The van der Waals surface area contributed by atoms with E-state index in [0.717, 1.165) is 41.0 Å². The molecule has 1 saturated heterocycles. The molecule has 1 aromatic heterocycles. The summed E-state index contributed by atoms with van der Waals surface area (Å²) in [5.74, 6) is 0.698. The lowest BCUT2D eigenvalue weighted by Crippen LogP contribution is -2.49. The van der Waals surface area contributed by atoms with Crippen LogP contribution in [0.5, 0.6) is 0 Å². The number of aliphatic imine (C=N–C) groups is 1. The maximum atomic E-state index is 12.6. The third kappa shape index (κ3) is 7.50. The van der Waals surface area contributed by atoms with Gasteiger partial charge in [0.2, 0.25) is 5.91 Å². The third-order valence-electron chi connectivity index (χ3n) is 4.96. The number of carbonyl (C=O) groups is 1. The van der Waals surface area contributed by atoms with Gasteiger partial charge in [-0.3, -0.25) is 4.79 Å². The van der Waals surface area contributed by atoms with Gasteiger partial charge in [-0.25, -0.2) is 9.98 Å². The Morgan fingerprint density at radius 1 is 1.16 bits per heavy atom. The number of guanidine groups is 1. The topological polar surface area (TPSA) is 72.9 Å². The number of amides is 1. The zero-order valence-corrected chi connectivity index (χ0v) is 22.1. The van der Waals surface area contributed by atoms with E-state index in [-0.39, 0.29) is 36.4 Å². The summed E-state index contributed by atoms with van der Waals surface area (Å²) >= 11 is 7.64. The highest BCUT2D eigenvalue weighted by molar-refractivity contribution is 14.0. The van der Waals surface area contributed by atoms with E-state index in [0.29, 0.717) is 25.6 Å². The summed E-state index contributed by atoms with van der Waals surface area (Å²) in [5.41, 5.74) is 2.17. The molecule has 1 aliphatic heterocycles. The van der Waals surface area contributed by atoms with Crippen LogP contribution < -0.4 is 15.5 Å². The van der Waals surface area contributed by atoms with Gasteiger partial charge in [-0.2, -0.15) is 0 Å². The number of anilines is 1. The van der Waals surface area contributed by atoms with Crippen molar-refractivity contribution in [2.24, 2.45) is 4.99 Å². The number of nitrogens with one attached hydrogen (secondary N) is 2. The minimum atomic E-state index is 0. The summed E-state index contributed by atoms with van der Waals surface area (Å²) < 4.78 is 0. The minimum absolute atomic E-state index is 0. The summed E-state index contributed by atoms with van der Waals surface area (Å²) in [4.78, 5) is 26.9. The number of hydrogen-bond donors (Lipinski definition) is 2. The van der Waals surface area contributed by atoms with Crippen LogP contribution in [0.25, 0.3) is 0 Å². The number of carbonyl (C=O) groups excluding carboxylic acids is 1. The fourth-order valence-electron chi connectivity index (χ4n) is 3.36. The van der Waals surface area contributed by atoms with E-state index in [2.05, 4.69) is 25.5 Å². The highest BCUT2D eigenvalue weighted by atomic mass is 127. The lowest BCUT2D eigenvalue weighted by Gasteiger charge is -2.36. The molecule has 0 saturated carbocycles. The van der Waals surface area contributed by atoms with Crippen molar-refractivity contribution in [1.29, 1.82) is 0 Å². The number of halogens is 2. The van der Waals surface area contributed by atoms with Gasteiger partial charge in [0, 0.05) is 48.3 Å². The van der Waals surface area contributed by atoms with Gasteiger partial charge in [-0.15, -0.1) is 35.3 Å². The van der Waals surface area contributed by atoms with E-state index in [1.54, 1.807) is 11.3 Å². The van der Waals surface area contributed by atoms with Crippen LogP contribution >= 0.6 is 46.9 Å². The molecule has 0 unspecified atom stereocenters. The predicted octanol–water partition coefficient (Wildman–Crippen LogP) is 3.44. The van der Waals surface area contributed by atoms with E-state index in [4.69, 9.17) is 11.6 Å². The molecular formula is C21H30ClIN6OS. The normalized spacial score (nSPS) is 14.3. The van der Waals surface area contributed by atoms with Crippen molar-refractivity contribution in [3.63, 3.8) is 0 Å². The van der Waals surface area contributed by atoms with Crippen molar-refractivity contribution >= 4 is 64.5 Å². The largest absolute Gasteiger partial charge is 0.368 e. The second kappa shape index (κ2) is 12.4. The summed E-state index contributed by atoms with van der Waals surface area (Å²) in [6.07, 6.45) is 0. The minimum Gasteiger partial charge on any atom is -0.368 e. The number of piperazine rings is 1. The Morgan fingerprint density at radius 3 is 2.42 bits per heavy atom. The van der Waals surface area contributed by atoms with Gasteiger partial charge >= 0.3 is 0 Å². The molecule has 0 bridgehead atoms. The van der Waals surface area contributed by atoms with Gasteiger partial charge in [0.25, 0.3) is 0 Å². The van der Waals surface area contributed by atoms with Gasteiger partial charge in [-0.05, 0) is 45.0 Å². The molecule has 31 heavy (non-hydrogen) atoms. The number of hydrogen-bond acceptors (Lipinski definition) is 5. The molecule has 0 radical (unpaired) electrons. The summed E-state index contributed by atoms with van der Waals surface area (Å²) in [6, 6.07) is 7.83. The molecule has 7 nitrogen and oxygen atoms in total. The molecule has 2 N–H and O–H groups in total. The molecule has 1 fully saturated rings. The first kappa shape index (κ1) is 25.7. The average Bonchev–Trinajstić information content (AvgIpc) is 3.07. The fraction of sp³-hybridized carbons (Fsp3) is 0.476. The van der Waals surface area contributed by atoms with E-state index in [9.17, 15) is 4.79 Å². The molecule has 0 spiro atoms. The van der Waals surface area contributed by atoms with Gasteiger partial charge in [0.1, 0.15) is 6.54 Å². The lowest BCUT2D eigenvalue weighted by atomic mass is 10.2. The zero-order chi connectivity index (χ0) is 21.5. The van der Waals surface area contributed by atoms with E-state index >= 15 is 0 Å². The first-order valence-electron chi connectivity index (χ1n) is 10.2. The van der Waals surface area contributed by atoms with Crippen LogP contribution in [0.3, 0.4) is 0 Å². The van der Waals surface area contributed by atoms with Gasteiger partial charge in [-0.1, -0.05) is 11.6 Å². The molecule has 2 heterocycles. The molecule has 10 heteroatoms. The van der Waals surface area contributed by atoms with Gasteiger partial charge in [0.15, 0.2) is 5.96 Å².